The van der Waals surface area contributed by atoms with Gasteiger partial charge in [0.1, 0.15) is 0 Å². The van der Waals surface area contributed by atoms with Gasteiger partial charge in [-0.15, -0.1) is 0 Å². The Bertz CT molecular complexity index is 220. The first-order chi connectivity index (χ1) is 8.16. The van der Waals surface area contributed by atoms with Crippen LogP contribution >= 0.6 is 0 Å². The lowest BCUT2D eigenvalue weighted by Crippen LogP contribution is -2.25. The van der Waals surface area contributed by atoms with Gasteiger partial charge in [-0.05, 0) is 19.3 Å². The molecular formula is C12H24N2O3. The van der Waals surface area contributed by atoms with Crippen LogP contribution in [0.1, 0.15) is 46.0 Å². The molecule has 5 nitrogen and oxygen atoms in total. The Balaban J connectivity index is 3.12. The number of rotatable bonds is 9. The number of nitrogens with one attached hydrogen (secondary N) is 2. The summed E-state index contributed by atoms with van der Waals surface area (Å²) in [7, 11) is 0. The number of alkyl carbamates (subject to hydrolysis) is 1. The fourth-order valence-corrected chi connectivity index (χ4v) is 1.30. The van der Waals surface area contributed by atoms with Gasteiger partial charge in [-0.1, -0.05) is 19.8 Å². The number of amides is 2. The summed E-state index contributed by atoms with van der Waals surface area (Å²) in [6, 6.07) is 0. The molecule has 5 heteroatoms. The zero-order valence-corrected chi connectivity index (χ0v) is 10.9. The van der Waals surface area contributed by atoms with E-state index in [1.165, 1.54) is 6.92 Å². The van der Waals surface area contributed by atoms with E-state index in [1.54, 1.807) is 0 Å². The van der Waals surface area contributed by atoms with Crippen LogP contribution in [-0.2, 0) is 9.53 Å². The molecule has 0 spiro atoms. The SMILES string of the molecule is CCCOC(=O)NCCCCCCNC(C)=O. The van der Waals surface area contributed by atoms with E-state index in [0.29, 0.717) is 13.2 Å². The molecule has 2 N–H and O–H groups in total. The van der Waals surface area contributed by atoms with Gasteiger partial charge in [-0.3, -0.25) is 4.79 Å². The van der Waals surface area contributed by atoms with Gasteiger partial charge in [-0.25, -0.2) is 4.79 Å². The largest absolute Gasteiger partial charge is 0.450 e. The molecule has 0 aliphatic rings. The fraction of sp³-hybridized carbons (Fsp3) is 0.833. The quantitative estimate of drug-likeness (QED) is 0.608. The van der Waals surface area contributed by atoms with Crippen molar-refractivity contribution in [1.82, 2.24) is 10.6 Å². The monoisotopic (exact) mass is 244 g/mol. The van der Waals surface area contributed by atoms with Crippen LogP contribution in [0.5, 0.6) is 0 Å². The molecule has 0 aromatic carbocycles. The Morgan fingerprint density at radius 1 is 1.00 bits per heavy atom. The van der Waals surface area contributed by atoms with Crippen LogP contribution in [0.3, 0.4) is 0 Å². The number of carbonyl (C=O) groups is 2. The molecule has 17 heavy (non-hydrogen) atoms. The van der Waals surface area contributed by atoms with E-state index in [0.717, 1.165) is 38.6 Å². The maximum absolute atomic E-state index is 11.0. The molecule has 0 bridgehead atoms. The van der Waals surface area contributed by atoms with Crippen molar-refractivity contribution in [3.05, 3.63) is 0 Å². The van der Waals surface area contributed by atoms with Crippen molar-refractivity contribution in [2.75, 3.05) is 19.7 Å². The zero-order chi connectivity index (χ0) is 12.9. The topological polar surface area (TPSA) is 67.4 Å². The highest BCUT2D eigenvalue weighted by Gasteiger charge is 1.99. The molecule has 0 fully saturated rings. The minimum atomic E-state index is -0.329. The maximum Gasteiger partial charge on any atom is 0.407 e. The first-order valence-corrected chi connectivity index (χ1v) is 6.32. The molecule has 0 radical (unpaired) electrons. The summed E-state index contributed by atoms with van der Waals surface area (Å²) in [5.74, 6) is 0.0188. The first-order valence-electron chi connectivity index (χ1n) is 6.32. The summed E-state index contributed by atoms with van der Waals surface area (Å²) in [6.07, 6.45) is 4.56. The highest BCUT2D eigenvalue weighted by atomic mass is 16.5. The summed E-state index contributed by atoms with van der Waals surface area (Å²) >= 11 is 0. The fourth-order valence-electron chi connectivity index (χ4n) is 1.30. The van der Waals surface area contributed by atoms with Crippen LogP contribution in [0.2, 0.25) is 0 Å². The minimum Gasteiger partial charge on any atom is -0.450 e. The van der Waals surface area contributed by atoms with Gasteiger partial charge in [-0.2, -0.15) is 0 Å². The molecule has 0 aliphatic heterocycles. The van der Waals surface area contributed by atoms with E-state index in [1.807, 2.05) is 6.92 Å². The van der Waals surface area contributed by atoms with Crippen molar-refractivity contribution in [1.29, 1.82) is 0 Å². The maximum atomic E-state index is 11.0. The zero-order valence-electron chi connectivity index (χ0n) is 10.9. The number of carbonyl (C=O) groups excluding carboxylic acids is 2. The van der Waals surface area contributed by atoms with E-state index < -0.39 is 0 Å². The summed E-state index contributed by atoms with van der Waals surface area (Å²) in [5, 5.41) is 5.44. The second-order valence-electron chi connectivity index (χ2n) is 3.96. The van der Waals surface area contributed by atoms with Crippen molar-refractivity contribution < 1.29 is 14.3 Å². The van der Waals surface area contributed by atoms with Gasteiger partial charge in [0, 0.05) is 20.0 Å². The minimum absolute atomic E-state index is 0.0188. The highest BCUT2D eigenvalue weighted by Crippen LogP contribution is 1.97. The second kappa shape index (κ2) is 11.2. The van der Waals surface area contributed by atoms with E-state index in [4.69, 9.17) is 4.74 Å². The van der Waals surface area contributed by atoms with Crippen LogP contribution in [0, 0.1) is 0 Å². The summed E-state index contributed by atoms with van der Waals surface area (Å²) in [6.45, 7) is 5.35. The van der Waals surface area contributed by atoms with E-state index >= 15 is 0 Å². The molecule has 0 heterocycles. The van der Waals surface area contributed by atoms with E-state index in [-0.39, 0.29) is 12.0 Å². The van der Waals surface area contributed by atoms with Crippen LogP contribution in [0.4, 0.5) is 4.79 Å². The van der Waals surface area contributed by atoms with E-state index in [2.05, 4.69) is 10.6 Å². The molecule has 0 atom stereocenters. The van der Waals surface area contributed by atoms with Gasteiger partial charge in [0.05, 0.1) is 6.61 Å². The smallest absolute Gasteiger partial charge is 0.407 e. The van der Waals surface area contributed by atoms with Gasteiger partial charge in [0.2, 0.25) is 5.91 Å². The number of hydrogen-bond acceptors (Lipinski definition) is 3. The normalized spacial score (nSPS) is 9.76. The Morgan fingerprint density at radius 2 is 1.59 bits per heavy atom. The first kappa shape index (κ1) is 15.7. The Labute approximate surface area is 103 Å². The second-order valence-corrected chi connectivity index (χ2v) is 3.96. The van der Waals surface area contributed by atoms with Gasteiger partial charge in [0.15, 0.2) is 0 Å². The average Bonchev–Trinajstić information content (AvgIpc) is 2.29. The summed E-state index contributed by atoms with van der Waals surface area (Å²) < 4.78 is 4.87. The molecule has 0 aromatic rings. The Kier molecular flexibility index (Phi) is 10.4. The molecule has 0 rings (SSSR count). The van der Waals surface area contributed by atoms with Crippen molar-refractivity contribution >= 4 is 12.0 Å². The Morgan fingerprint density at radius 3 is 2.12 bits per heavy atom. The number of ether oxygens (including phenoxy) is 1. The van der Waals surface area contributed by atoms with Crippen LogP contribution < -0.4 is 10.6 Å². The predicted octanol–water partition coefficient (Wildman–Crippen LogP) is 1.82. The third-order valence-corrected chi connectivity index (χ3v) is 2.18. The molecule has 100 valence electrons. The third kappa shape index (κ3) is 12.7. The molecule has 0 aliphatic carbocycles. The van der Waals surface area contributed by atoms with Crippen molar-refractivity contribution in [3.63, 3.8) is 0 Å². The molecule has 0 aromatic heterocycles. The molecule has 0 unspecified atom stereocenters. The van der Waals surface area contributed by atoms with Crippen LogP contribution in [-0.4, -0.2) is 31.7 Å². The van der Waals surface area contributed by atoms with Gasteiger partial charge >= 0.3 is 6.09 Å². The molecule has 2 amide bonds. The van der Waals surface area contributed by atoms with E-state index in [9.17, 15) is 9.59 Å². The van der Waals surface area contributed by atoms with Crippen LogP contribution in [0.15, 0.2) is 0 Å². The standard InChI is InChI=1S/C12H24N2O3/c1-3-10-17-12(16)14-9-7-5-4-6-8-13-11(2)15/h3-10H2,1-2H3,(H,13,15)(H,14,16). The lowest BCUT2D eigenvalue weighted by molar-refractivity contribution is -0.118. The average molecular weight is 244 g/mol. The third-order valence-electron chi connectivity index (χ3n) is 2.18. The lowest BCUT2D eigenvalue weighted by Gasteiger charge is -2.06. The van der Waals surface area contributed by atoms with Gasteiger partial charge in [0.25, 0.3) is 0 Å². The molecular weight excluding hydrogens is 220 g/mol. The lowest BCUT2D eigenvalue weighted by atomic mass is 10.2. The Hall–Kier alpha value is -1.26. The van der Waals surface area contributed by atoms with Crippen molar-refractivity contribution in [2.45, 2.75) is 46.0 Å². The summed E-state index contributed by atoms with van der Waals surface area (Å²) in [4.78, 5) is 21.6. The summed E-state index contributed by atoms with van der Waals surface area (Å²) in [5.41, 5.74) is 0. The number of unbranched alkanes of at least 4 members (excludes halogenated alkanes) is 3. The highest BCUT2D eigenvalue weighted by molar-refractivity contribution is 5.72. The predicted molar refractivity (Wildman–Crippen MR) is 66.8 cm³/mol. The molecule has 0 saturated heterocycles. The number of hydrogen-bond donors (Lipinski definition) is 2. The van der Waals surface area contributed by atoms with Crippen molar-refractivity contribution in [3.8, 4) is 0 Å². The van der Waals surface area contributed by atoms with Gasteiger partial charge < -0.3 is 15.4 Å². The van der Waals surface area contributed by atoms with Crippen molar-refractivity contribution in [2.24, 2.45) is 0 Å². The van der Waals surface area contributed by atoms with Crippen LogP contribution in [0.25, 0.3) is 0 Å². The molecule has 0 saturated carbocycles.